The number of aromatic nitrogens is 2. The van der Waals surface area contributed by atoms with Gasteiger partial charge in [0.05, 0.1) is 6.33 Å². The van der Waals surface area contributed by atoms with E-state index in [0.717, 1.165) is 12.1 Å². The predicted octanol–water partition coefficient (Wildman–Crippen LogP) is 1.36. The third-order valence-electron chi connectivity index (χ3n) is 2.40. The van der Waals surface area contributed by atoms with Crippen molar-refractivity contribution in [1.82, 2.24) is 15.3 Å². The van der Waals surface area contributed by atoms with E-state index >= 15 is 0 Å². The number of urea groups is 1. The lowest BCUT2D eigenvalue weighted by Crippen LogP contribution is -2.30. The molecule has 0 aliphatic carbocycles. The van der Waals surface area contributed by atoms with Crippen molar-refractivity contribution in [3.05, 3.63) is 42.5 Å². The molecule has 0 bridgehead atoms. The van der Waals surface area contributed by atoms with Crippen molar-refractivity contribution in [3.63, 3.8) is 0 Å². The molecule has 0 unspecified atom stereocenters. The summed E-state index contributed by atoms with van der Waals surface area (Å²) in [5, 5.41) is 5.47. The summed E-state index contributed by atoms with van der Waals surface area (Å²) in [6.45, 7) is 0.545. The number of imidazole rings is 1. The van der Waals surface area contributed by atoms with Crippen LogP contribution in [0.2, 0.25) is 0 Å². The van der Waals surface area contributed by atoms with Gasteiger partial charge >= 0.3 is 6.03 Å². The zero-order valence-corrected chi connectivity index (χ0v) is 9.81. The highest BCUT2D eigenvalue weighted by atomic mass is 16.2. The van der Waals surface area contributed by atoms with Gasteiger partial charge in [0.15, 0.2) is 0 Å². The molecule has 0 spiro atoms. The summed E-state index contributed by atoms with van der Waals surface area (Å²) in [6.07, 6.45) is 4.07. The number of H-pyrrole nitrogens is 1. The van der Waals surface area contributed by atoms with Gasteiger partial charge in [0, 0.05) is 36.2 Å². The molecule has 1 heterocycles. The molecule has 0 saturated heterocycles. The molecular weight excluding hydrogens is 230 g/mol. The molecule has 18 heavy (non-hydrogen) atoms. The van der Waals surface area contributed by atoms with Crippen LogP contribution in [0.5, 0.6) is 0 Å². The van der Waals surface area contributed by atoms with E-state index in [2.05, 4.69) is 20.6 Å². The maximum atomic E-state index is 11.5. The topological polar surface area (TPSA) is 95.8 Å². The number of rotatable bonds is 4. The van der Waals surface area contributed by atoms with E-state index < -0.39 is 0 Å². The molecule has 0 aliphatic rings. The van der Waals surface area contributed by atoms with Gasteiger partial charge in [0.2, 0.25) is 0 Å². The number of hydrogen-bond acceptors (Lipinski definition) is 3. The Kier molecular flexibility index (Phi) is 3.80. The summed E-state index contributed by atoms with van der Waals surface area (Å²) < 4.78 is 0. The van der Waals surface area contributed by atoms with Gasteiger partial charge in [-0.1, -0.05) is 0 Å². The molecule has 0 radical (unpaired) electrons. The number of nitrogens with two attached hydrogens (primary N) is 1. The van der Waals surface area contributed by atoms with Crippen LogP contribution in [0.4, 0.5) is 16.2 Å². The van der Waals surface area contributed by atoms with Crippen LogP contribution in [0.25, 0.3) is 0 Å². The zero-order chi connectivity index (χ0) is 12.8. The van der Waals surface area contributed by atoms with Gasteiger partial charge in [0.1, 0.15) is 0 Å². The van der Waals surface area contributed by atoms with Gasteiger partial charge in [-0.2, -0.15) is 0 Å². The normalized spacial score (nSPS) is 10.0. The van der Waals surface area contributed by atoms with Gasteiger partial charge < -0.3 is 21.4 Å². The second-order valence-electron chi connectivity index (χ2n) is 3.83. The van der Waals surface area contributed by atoms with E-state index in [1.165, 1.54) is 0 Å². The SMILES string of the molecule is Nc1ccc(NC(=O)NCCc2cnc[nH]2)cc1. The number of nitrogens with one attached hydrogen (secondary N) is 3. The highest BCUT2D eigenvalue weighted by molar-refractivity contribution is 5.89. The third-order valence-corrected chi connectivity index (χ3v) is 2.40. The van der Waals surface area contributed by atoms with Crippen LogP contribution in [0.3, 0.4) is 0 Å². The molecule has 2 amide bonds. The Bertz CT molecular complexity index is 492. The number of amides is 2. The van der Waals surface area contributed by atoms with E-state index in [1.54, 1.807) is 36.8 Å². The number of nitrogens with zero attached hydrogens (tertiary/aromatic N) is 1. The van der Waals surface area contributed by atoms with Crippen LogP contribution in [0, 0.1) is 0 Å². The van der Waals surface area contributed by atoms with Crippen molar-refractivity contribution >= 4 is 17.4 Å². The van der Waals surface area contributed by atoms with Crippen molar-refractivity contribution in [2.24, 2.45) is 0 Å². The van der Waals surface area contributed by atoms with E-state index in [4.69, 9.17) is 5.73 Å². The Hall–Kier alpha value is -2.50. The lowest BCUT2D eigenvalue weighted by Gasteiger charge is -2.07. The molecular formula is C12H15N5O. The van der Waals surface area contributed by atoms with Gasteiger partial charge in [-0.05, 0) is 24.3 Å². The summed E-state index contributed by atoms with van der Waals surface area (Å²) in [7, 11) is 0. The van der Waals surface area contributed by atoms with Gasteiger partial charge in [-0.15, -0.1) is 0 Å². The number of anilines is 2. The lowest BCUT2D eigenvalue weighted by molar-refractivity contribution is 0.252. The van der Waals surface area contributed by atoms with Gasteiger partial charge in [0.25, 0.3) is 0 Å². The quantitative estimate of drug-likeness (QED) is 0.612. The molecule has 1 aromatic heterocycles. The first-order valence-electron chi connectivity index (χ1n) is 5.62. The van der Waals surface area contributed by atoms with Crippen LogP contribution in [-0.2, 0) is 6.42 Å². The van der Waals surface area contributed by atoms with Crippen LogP contribution in [0.1, 0.15) is 5.69 Å². The Labute approximate surface area is 105 Å². The largest absolute Gasteiger partial charge is 0.399 e. The van der Waals surface area contributed by atoms with Gasteiger partial charge in [-0.25, -0.2) is 9.78 Å². The Morgan fingerprint density at radius 2 is 2.11 bits per heavy atom. The van der Waals surface area contributed by atoms with Crippen molar-refractivity contribution in [2.75, 3.05) is 17.6 Å². The minimum Gasteiger partial charge on any atom is -0.399 e. The number of carbonyl (C=O) groups excluding carboxylic acids is 1. The number of aromatic amines is 1. The molecule has 94 valence electrons. The fourth-order valence-corrected chi connectivity index (χ4v) is 1.47. The maximum Gasteiger partial charge on any atom is 0.319 e. The first-order chi connectivity index (χ1) is 8.74. The molecule has 1 aromatic carbocycles. The minimum atomic E-state index is -0.237. The van der Waals surface area contributed by atoms with E-state index in [-0.39, 0.29) is 6.03 Å². The Morgan fingerprint density at radius 3 is 2.78 bits per heavy atom. The fourth-order valence-electron chi connectivity index (χ4n) is 1.47. The summed E-state index contributed by atoms with van der Waals surface area (Å²) >= 11 is 0. The van der Waals surface area contributed by atoms with Crippen molar-refractivity contribution < 1.29 is 4.79 Å². The summed E-state index contributed by atoms with van der Waals surface area (Å²) in [5.74, 6) is 0. The van der Waals surface area contributed by atoms with Crippen LogP contribution < -0.4 is 16.4 Å². The molecule has 5 N–H and O–H groups in total. The van der Waals surface area contributed by atoms with Crippen molar-refractivity contribution in [1.29, 1.82) is 0 Å². The predicted molar refractivity (Wildman–Crippen MR) is 70.2 cm³/mol. The average Bonchev–Trinajstić information content (AvgIpc) is 2.85. The smallest absolute Gasteiger partial charge is 0.319 e. The molecule has 0 aliphatic heterocycles. The molecule has 0 saturated carbocycles. The fraction of sp³-hybridized carbons (Fsp3) is 0.167. The first kappa shape index (κ1) is 12.0. The highest BCUT2D eigenvalue weighted by Crippen LogP contribution is 2.09. The second-order valence-corrected chi connectivity index (χ2v) is 3.83. The first-order valence-corrected chi connectivity index (χ1v) is 5.62. The standard InChI is InChI=1S/C12H15N5O/c13-9-1-3-10(4-2-9)17-12(18)15-6-5-11-7-14-8-16-11/h1-4,7-8H,5-6,13H2,(H,14,16)(H2,15,17,18). The molecule has 6 nitrogen and oxygen atoms in total. The summed E-state index contributed by atoms with van der Waals surface area (Å²) in [4.78, 5) is 18.4. The molecule has 2 aromatic rings. The number of benzene rings is 1. The van der Waals surface area contributed by atoms with Gasteiger partial charge in [-0.3, -0.25) is 0 Å². The van der Waals surface area contributed by atoms with E-state index in [9.17, 15) is 4.79 Å². The van der Waals surface area contributed by atoms with E-state index in [0.29, 0.717) is 17.9 Å². The summed E-state index contributed by atoms with van der Waals surface area (Å²) in [6, 6.07) is 6.74. The van der Waals surface area contributed by atoms with Crippen LogP contribution in [-0.4, -0.2) is 22.5 Å². The summed E-state index contributed by atoms with van der Waals surface area (Å²) in [5.41, 5.74) is 7.92. The highest BCUT2D eigenvalue weighted by Gasteiger charge is 2.01. The molecule has 0 atom stereocenters. The number of carbonyl (C=O) groups is 1. The van der Waals surface area contributed by atoms with E-state index in [1.807, 2.05) is 0 Å². The lowest BCUT2D eigenvalue weighted by atomic mass is 10.3. The van der Waals surface area contributed by atoms with Crippen LogP contribution in [0.15, 0.2) is 36.8 Å². The molecule has 2 rings (SSSR count). The Balaban J connectivity index is 1.73. The third kappa shape index (κ3) is 3.51. The second kappa shape index (κ2) is 5.72. The molecule has 6 heteroatoms. The molecule has 0 fully saturated rings. The maximum absolute atomic E-state index is 11.5. The van der Waals surface area contributed by atoms with Crippen LogP contribution >= 0.6 is 0 Å². The minimum absolute atomic E-state index is 0.237. The van der Waals surface area contributed by atoms with Crippen molar-refractivity contribution in [3.8, 4) is 0 Å². The Morgan fingerprint density at radius 1 is 1.33 bits per heavy atom. The zero-order valence-electron chi connectivity index (χ0n) is 9.81. The number of nitrogen functional groups attached to an aromatic ring is 1. The number of hydrogen-bond donors (Lipinski definition) is 4. The monoisotopic (exact) mass is 245 g/mol. The van der Waals surface area contributed by atoms with Crippen molar-refractivity contribution in [2.45, 2.75) is 6.42 Å². The average molecular weight is 245 g/mol.